The van der Waals surface area contributed by atoms with E-state index in [1.54, 1.807) is 0 Å². The van der Waals surface area contributed by atoms with Gasteiger partial charge in [-0.3, -0.25) is 4.79 Å². The molecule has 0 spiro atoms. The van der Waals surface area contributed by atoms with Gasteiger partial charge in [-0.05, 0) is 31.9 Å². The first kappa shape index (κ1) is 12.8. The molecule has 1 fully saturated rings. The van der Waals surface area contributed by atoms with Crippen LogP contribution >= 0.6 is 11.8 Å². The third kappa shape index (κ3) is 4.03. The molecule has 1 amide bonds. The van der Waals surface area contributed by atoms with Gasteiger partial charge in [0.15, 0.2) is 0 Å². The second-order valence-corrected chi connectivity index (χ2v) is 5.38. The van der Waals surface area contributed by atoms with Crippen molar-refractivity contribution in [3.8, 4) is 0 Å². The lowest BCUT2D eigenvalue weighted by Crippen LogP contribution is -2.46. The van der Waals surface area contributed by atoms with Crippen molar-refractivity contribution in [2.24, 2.45) is 5.73 Å². The summed E-state index contributed by atoms with van der Waals surface area (Å²) in [6.45, 7) is 1.94. The minimum Gasteiger partial charge on any atom is -0.352 e. The summed E-state index contributed by atoms with van der Waals surface area (Å²) in [5.41, 5.74) is 5.68. The molecule has 1 rings (SSSR count). The minimum atomic E-state index is -0.334. The molecule has 15 heavy (non-hydrogen) atoms. The Labute approximate surface area is 96.6 Å². The maximum atomic E-state index is 11.6. The zero-order chi connectivity index (χ0) is 11.3. The second-order valence-electron chi connectivity index (χ2n) is 4.24. The molecular formula is C11H22N2OS. The van der Waals surface area contributed by atoms with Crippen molar-refractivity contribution in [2.45, 2.75) is 56.4 Å². The zero-order valence-electron chi connectivity index (χ0n) is 9.66. The number of carbonyl (C=O) groups excluding carboxylic acids is 1. The van der Waals surface area contributed by atoms with Crippen LogP contribution in [0.1, 0.15) is 39.0 Å². The van der Waals surface area contributed by atoms with Crippen molar-refractivity contribution < 1.29 is 4.79 Å². The molecule has 3 atom stereocenters. The Balaban J connectivity index is 2.34. The summed E-state index contributed by atoms with van der Waals surface area (Å²) in [5, 5.41) is 3.77. The van der Waals surface area contributed by atoms with E-state index in [0.717, 1.165) is 12.8 Å². The number of nitrogens with one attached hydrogen (secondary N) is 1. The van der Waals surface area contributed by atoms with Gasteiger partial charge in [0.2, 0.25) is 5.91 Å². The first-order valence-corrected chi connectivity index (χ1v) is 7.05. The van der Waals surface area contributed by atoms with Crippen LogP contribution in [0.2, 0.25) is 0 Å². The number of nitrogens with two attached hydrogens (primary N) is 1. The fourth-order valence-electron chi connectivity index (χ4n) is 1.98. The van der Waals surface area contributed by atoms with E-state index >= 15 is 0 Å². The van der Waals surface area contributed by atoms with Crippen molar-refractivity contribution in [3.05, 3.63) is 0 Å². The molecule has 0 aromatic heterocycles. The Morgan fingerprint density at radius 2 is 2.33 bits per heavy atom. The van der Waals surface area contributed by atoms with Gasteiger partial charge in [-0.25, -0.2) is 0 Å². The van der Waals surface area contributed by atoms with Crippen LogP contribution in [0.3, 0.4) is 0 Å². The average Bonchev–Trinajstić information content (AvgIpc) is 2.28. The average molecular weight is 230 g/mol. The van der Waals surface area contributed by atoms with Crippen LogP contribution < -0.4 is 11.1 Å². The Kier molecular flexibility index (Phi) is 5.47. The third-order valence-electron chi connectivity index (χ3n) is 3.08. The predicted molar refractivity (Wildman–Crippen MR) is 66.0 cm³/mol. The molecule has 0 heterocycles. The van der Waals surface area contributed by atoms with E-state index in [-0.39, 0.29) is 11.9 Å². The van der Waals surface area contributed by atoms with Crippen LogP contribution in [-0.4, -0.2) is 29.5 Å². The summed E-state index contributed by atoms with van der Waals surface area (Å²) in [7, 11) is 0. The van der Waals surface area contributed by atoms with Gasteiger partial charge < -0.3 is 11.1 Å². The summed E-state index contributed by atoms with van der Waals surface area (Å²) in [6, 6.07) is 0.0148. The van der Waals surface area contributed by atoms with Crippen molar-refractivity contribution in [3.63, 3.8) is 0 Å². The van der Waals surface area contributed by atoms with Crippen molar-refractivity contribution in [1.29, 1.82) is 0 Å². The van der Waals surface area contributed by atoms with Gasteiger partial charge in [0.1, 0.15) is 0 Å². The van der Waals surface area contributed by atoms with Crippen LogP contribution in [-0.2, 0) is 4.79 Å². The number of thioether (sulfide) groups is 1. The molecule has 3 N–H and O–H groups in total. The Bertz CT molecular complexity index is 211. The molecule has 1 aliphatic carbocycles. The van der Waals surface area contributed by atoms with E-state index in [0.29, 0.717) is 17.7 Å². The molecule has 0 aromatic rings. The lowest BCUT2D eigenvalue weighted by Gasteiger charge is -2.29. The highest BCUT2D eigenvalue weighted by molar-refractivity contribution is 7.99. The Morgan fingerprint density at radius 3 is 2.93 bits per heavy atom. The Morgan fingerprint density at radius 1 is 1.60 bits per heavy atom. The SMILES string of the molecule is CCC(N)C(=O)NC1CCCC(SC)C1. The number of amides is 1. The number of carbonyl (C=O) groups is 1. The maximum absolute atomic E-state index is 11.6. The number of rotatable bonds is 4. The molecule has 0 radical (unpaired) electrons. The fraction of sp³-hybridized carbons (Fsp3) is 0.909. The molecule has 0 aliphatic heterocycles. The molecule has 0 bridgehead atoms. The summed E-state index contributed by atoms with van der Waals surface area (Å²) in [6.07, 6.45) is 7.57. The van der Waals surface area contributed by atoms with E-state index in [2.05, 4.69) is 11.6 Å². The maximum Gasteiger partial charge on any atom is 0.237 e. The van der Waals surface area contributed by atoms with Gasteiger partial charge in [0.25, 0.3) is 0 Å². The monoisotopic (exact) mass is 230 g/mol. The van der Waals surface area contributed by atoms with Gasteiger partial charge in [-0.2, -0.15) is 11.8 Å². The second kappa shape index (κ2) is 6.38. The highest BCUT2D eigenvalue weighted by Gasteiger charge is 2.23. The molecule has 3 unspecified atom stereocenters. The topological polar surface area (TPSA) is 55.1 Å². The molecule has 88 valence electrons. The smallest absolute Gasteiger partial charge is 0.237 e. The standard InChI is InChI=1S/C11H22N2OS/c1-3-10(12)11(14)13-8-5-4-6-9(7-8)15-2/h8-10H,3-7,12H2,1-2H3,(H,13,14). The Hall–Kier alpha value is -0.220. The van der Waals surface area contributed by atoms with E-state index < -0.39 is 0 Å². The lowest BCUT2D eigenvalue weighted by atomic mass is 9.94. The van der Waals surface area contributed by atoms with E-state index in [1.165, 1.54) is 12.8 Å². The third-order valence-corrected chi connectivity index (χ3v) is 4.18. The van der Waals surface area contributed by atoms with Crippen LogP contribution in [0.4, 0.5) is 0 Å². The normalized spacial score (nSPS) is 28.5. The largest absolute Gasteiger partial charge is 0.352 e. The van der Waals surface area contributed by atoms with Gasteiger partial charge >= 0.3 is 0 Å². The van der Waals surface area contributed by atoms with E-state index in [9.17, 15) is 4.79 Å². The number of hydrogen-bond acceptors (Lipinski definition) is 3. The van der Waals surface area contributed by atoms with E-state index in [4.69, 9.17) is 5.73 Å². The van der Waals surface area contributed by atoms with Gasteiger partial charge in [-0.15, -0.1) is 0 Å². The van der Waals surface area contributed by atoms with Gasteiger partial charge in [-0.1, -0.05) is 13.3 Å². The highest BCUT2D eigenvalue weighted by atomic mass is 32.2. The minimum absolute atomic E-state index is 0.0178. The van der Waals surface area contributed by atoms with Crippen molar-refractivity contribution >= 4 is 17.7 Å². The highest BCUT2D eigenvalue weighted by Crippen LogP contribution is 2.26. The summed E-state index contributed by atoms with van der Waals surface area (Å²) in [5.74, 6) is 0.0178. The first-order chi connectivity index (χ1) is 7.17. The van der Waals surface area contributed by atoms with Crippen LogP contribution in [0.25, 0.3) is 0 Å². The van der Waals surface area contributed by atoms with Crippen LogP contribution in [0, 0.1) is 0 Å². The van der Waals surface area contributed by atoms with Gasteiger partial charge in [0.05, 0.1) is 6.04 Å². The molecule has 0 aromatic carbocycles. The molecule has 3 nitrogen and oxygen atoms in total. The lowest BCUT2D eigenvalue weighted by molar-refractivity contribution is -0.123. The molecule has 4 heteroatoms. The first-order valence-electron chi connectivity index (χ1n) is 5.76. The van der Waals surface area contributed by atoms with E-state index in [1.807, 2.05) is 18.7 Å². The molecule has 1 saturated carbocycles. The summed E-state index contributed by atoms with van der Waals surface area (Å²) < 4.78 is 0. The number of hydrogen-bond donors (Lipinski definition) is 2. The quantitative estimate of drug-likeness (QED) is 0.770. The fourth-order valence-corrected chi connectivity index (χ4v) is 2.81. The zero-order valence-corrected chi connectivity index (χ0v) is 10.5. The van der Waals surface area contributed by atoms with Crippen LogP contribution in [0.15, 0.2) is 0 Å². The van der Waals surface area contributed by atoms with Crippen molar-refractivity contribution in [1.82, 2.24) is 5.32 Å². The molecule has 0 saturated heterocycles. The van der Waals surface area contributed by atoms with Crippen LogP contribution in [0.5, 0.6) is 0 Å². The predicted octanol–water partition coefficient (Wildman–Crippen LogP) is 1.51. The van der Waals surface area contributed by atoms with Crippen molar-refractivity contribution in [2.75, 3.05) is 6.26 Å². The summed E-state index contributed by atoms with van der Waals surface area (Å²) >= 11 is 1.91. The summed E-state index contributed by atoms with van der Waals surface area (Å²) in [4.78, 5) is 11.6. The molecular weight excluding hydrogens is 208 g/mol. The van der Waals surface area contributed by atoms with Gasteiger partial charge in [0, 0.05) is 11.3 Å². The molecule has 1 aliphatic rings.